The molecule has 6 heteroatoms. The van der Waals surface area contributed by atoms with E-state index < -0.39 is 0 Å². The van der Waals surface area contributed by atoms with Gasteiger partial charge in [-0.05, 0) is 56.0 Å². The SMILES string of the molecule is CN(C)C(=O)c1cncc(-c2cc(O)cc(CC[C@@H]3CCCCN3)c2)n1. The fourth-order valence-corrected chi connectivity index (χ4v) is 3.31. The second-order valence-corrected chi connectivity index (χ2v) is 7.06. The molecule has 1 aliphatic heterocycles. The van der Waals surface area contributed by atoms with Crippen LogP contribution in [-0.4, -0.2) is 52.6 Å². The van der Waals surface area contributed by atoms with E-state index in [1.54, 1.807) is 32.4 Å². The minimum atomic E-state index is -0.192. The number of hydrogen-bond acceptors (Lipinski definition) is 5. The van der Waals surface area contributed by atoms with Crippen molar-refractivity contribution >= 4 is 5.91 Å². The molecule has 0 bridgehead atoms. The molecule has 1 aromatic carbocycles. The number of phenolic OH excluding ortho intramolecular Hbond substituents is 1. The van der Waals surface area contributed by atoms with E-state index in [4.69, 9.17) is 0 Å². The van der Waals surface area contributed by atoms with Crippen molar-refractivity contribution in [3.05, 3.63) is 41.9 Å². The quantitative estimate of drug-likeness (QED) is 0.863. The van der Waals surface area contributed by atoms with Gasteiger partial charge in [-0.15, -0.1) is 0 Å². The number of carbonyl (C=O) groups is 1. The highest BCUT2D eigenvalue weighted by atomic mass is 16.3. The minimum absolute atomic E-state index is 0.192. The van der Waals surface area contributed by atoms with Crippen LogP contribution in [0.5, 0.6) is 5.75 Å². The van der Waals surface area contributed by atoms with Crippen LogP contribution in [0, 0.1) is 0 Å². The van der Waals surface area contributed by atoms with Gasteiger partial charge in [0.15, 0.2) is 0 Å². The minimum Gasteiger partial charge on any atom is -0.508 e. The van der Waals surface area contributed by atoms with Crippen molar-refractivity contribution in [2.24, 2.45) is 0 Å². The highest BCUT2D eigenvalue weighted by Crippen LogP contribution is 2.25. The second-order valence-electron chi connectivity index (χ2n) is 7.06. The van der Waals surface area contributed by atoms with Gasteiger partial charge in [0.05, 0.1) is 18.1 Å². The van der Waals surface area contributed by atoms with Crippen LogP contribution in [0.3, 0.4) is 0 Å². The highest BCUT2D eigenvalue weighted by molar-refractivity contribution is 5.92. The number of hydrogen-bond donors (Lipinski definition) is 2. The average molecular weight is 354 g/mol. The van der Waals surface area contributed by atoms with Gasteiger partial charge in [0.1, 0.15) is 11.4 Å². The first kappa shape index (κ1) is 18.3. The first-order valence-corrected chi connectivity index (χ1v) is 9.13. The van der Waals surface area contributed by atoms with Gasteiger partial charge < -0.3 is 15.3 Å². The Morgan fingerprint density at radius 1 is 1.27 bits per heavy atom. The molecule has 1 amide bonds. The molecule has 2 heterocycles. The molecule has 26 heavy (non-hydrogen) atoms. The van der Waals surface area contributed by atoms with Gasteiger partial charge in [0, 0.05) is 25.7 Å². The number of nitrogens with zero attached hydrogens (tertiary/aromatic N) is 3. The van der Waals surface area contributed by atoms with E-state index in [0.717, 1.165) is 30.5 Å². The summed E-state index contributed by atoms with van der Waals surface area (Å²) in [6.45, 7) is 1.10. The zero-order valence-electron chi connectivity index (χ0n) is 15.4. The van der Waals surface area contributed by atoms with Gasteiger partial charge >= 0.3 is 0 Å². The Hall–Kier alpha value is -2.47. The van der Waals surface area contributed by atoms with Crippen LogP contribution < -0.4 is 5.32 Å². The summed E-state index contributed by atoms with van der Waals surface area (Å²) in [5, 5.41) is 13.7. The Morgan fingerprint density at radius 2 is 2.12 bits per heavy atom. The third-order valence-electron chi connectivity index (χ3n) is 4.73. The fraction of sp³-hybridized carbons (Fsp3) is 0.450. The Bertz CT molecular complexity index is 770. The van der Waals surface area contributed by atoms with Crippen molar-refractivity contribution in [1.82, 2.24) is 20.2 Å². The number of phenols is 1. The van der Waals surface area contributed by atoms with E-state index in [2.05, 4.69) is 15.3 Å². The van der Waals surface area contributed by atoms with Crippen LogP contribution in [0.1, 0.15) is 41.7 Å². The van der Waals surface area contributed by atoms with Crippen LogP contribution in [0.2, 0.25) is 0 Å². The van der Waals surface area contributed by atoms with Crippen LogP contribution in [0.4, 0.5) is 0 Å². The molecule has 1 aromatic heterocycles. The molecule has 2 N–H and O–H groups in total. The van der Waals surface area contributed by atoms with Gasteiger partial charge in [-0.1, -0.05) is 6.42 Å². The second kappa shape index (κ2) is 8.27. The van der Waals surface area contributed by atoms with Crippen molar-refractivity contribution in [3.63, 3.8) is 0 Å². The summed E-state index contributed by atoms with van der Waals surface area (Å²) in [4.78, 5) is 22.1. The third kappa shape index (κ3) is 4.58. The van der Waals surface area contributed by atoms with Crippen molar-refractivity contribution in [2.45, 2.75) is 38.1 Å². The molecular weight excluding hydrogens is 328 g/mol. The number of piperidine rings is 1. The Labute approximate surface area is 154 Å². The molecule has 0 spiro atoms. The summed E-state index contributed by atoms with van der Waals surface area (Å²) in [6.07, 6.45) is 8.78. The maximum Gasteiger partial charge on any atom is 0.273 e. The fourth-order valence-electron chi connectivity index (χ4n) is 3.31. The summed E-state index contributed by atoms with van der Waals surface area (Å²) in [5.41, 5.74) is 2.73. The molecule has 1 saturated heterocycles. The molecular formula is C20H26N4O2. The topological polar surface area (TPSA) is 78.4 Å². The number of benzene rings is 1. The number of aryl methyl sites for hydroxylation is 1. The summed E-state index contributed by atoms with van der Waals surface area (Å²) in [7, 11) is 3.37. The maximum absolute atomic E-state index is 12.1. The molecule has 3 rings (SSSR count). The van der Waals surface area contributed by atoms with Crippen LogP contribution in [0.25, 0.3) is 11.3 Å². The number of amides is 1. The molecule has 0 aliphatic carbocycles. The molecule has 138 valence electrons. The van der Waals surface area contributed by atoms with Gasteiger partial charge in [0.25, 0.3) is 5.91 Å². The smallest absolute Gasteiger partial charge is 0.273 e. The number of aromatic hydroxyl groups is 1. The molecule has 2 aromatic rings. The summed E-state index contributed by atoms with van der Waals surface area (Å²) < 4.78 is 0. The van der Waals surface area contributed by atoms with E-state index in [-0.39, 0.29) is 11.7 Å². The van der Waals surface area contributed by atoms with E-state index in [1.807, 2.05) is 6.07 Å². The molecule has 6 nitrogen and oxygen atoms in total. The normalized spacial score (nSPS) is 17.1. The molecule has 0 unspecified atom stereocenters. The standard InChI is InChI=1S/C20H26N4O2/c1-24(2)20(26)19-13-21-12-18(23-19)15-9-14(10-17(25)11-15)6-7-16-5-3-4-8-22-16/h9-13,16,22,25H,3-8H2,1-2H3/t16-/m0/s1. The predicted octanol–water partition coefficient (Wildman–Crippen LogP) is 2.63. The first-order valence-electron chi connectivity index (χ1n) is 9.13. The highest BCUT2D eigenvalue weighted by Gasteiger charge is 2.14. The lowest BCUT2D eigenvalue weighted by molar-refractivity contribution is 0.0821. The molecule has 0 saturated carbocycles. The Kier molecular flexibility index (Phi) is 5.83. The molecule has 1 fully saturated rings. The largest absolute Gasteiger partial charge is 0.508 e. The first-order chi connectivity index (χ1) is 12.5. The zero-order chi connectivity index (χ0) is 18.5. The van der Waals surface area contributed by atoms with Gasteiger partial charge in [-0.3, -0.25) is 9.78 Å². The van der Waals surface area contributed by atoms with Crippen LogP contribution in [0.15, 0.2) is 30.6 Å². The number of carbonyl (C=O) groups excluding carboxylic acids is 1. The monoisotopic (exact) mass is 354 g/mol. The molecule has 1 aliphatic rings. The lowest BCUT2D eigenvalue weighted by Crippen LogP contribution is -2.34. The summed E-state index contributed by atoms with van der Waals surface area (Å²) in [6, 6.07) is 6.04. The average Bonchev–Trinajstić information content (AvgIpc) is 2.66. The van der Waals surface area contributed by atoms with Gasteiger partial charge in [0.2, 0.25) is 0 Å². The van der Waals surface area contributed by atoms with E-state index in [9.17, 15) is 9.90 Å². The van der Waals surface area contributed by atoms with Crippen molar-refractivity contribution in [2.75, 3.05) is 20.6 Å². The summed E-state index contributed by atoms with van der Waals surface area (Å²) >= 11 is 0. The Balaban J connectivity index is 1.78. The Morgan fingerprint density at radius 3 is 2.85 bits per heavy atom. The van der Waals surface area contributed by atoms with Crippen LogP contribution >= 0.6 is 0 Å². The molecule has 1 atom stereocenters. The number of nitrogens with one attached hydrogen (secondary N) is 1. The number of rotatable bonds is 5. The summed E-state index contributed by atoms with van der Waals surface area (Å²) in [5.74, 6) is 0.0170. The van der Waals surface area contributed by atoms with Crippen molar-refractivity contribution in [3.8, 4) is 17.0 Å². The van der Waals surface area contributed by atoms with E-state index in [0.29, 0.717) is 17.4 Å². The van der Waals surface area contributed by atoms with Gasteiger partial charge in [-0.25, -0.2) is 4.98 Å². The lowest BCUT2D eigenvalue weighted by Gasteiger charge is -2.23. The molecule has 0 radical (unpaired) electrons. The zero-order valence-corrected chi connectivity index (χ0v) is 15.4. The maximum atomic E-state index is 12.1. The van der Waals surface area contributed by atoms with Crippen molar-refractivity contribution < 1.29 is 9.90 Å². The predicted molar refractivity (Wildman–Crippen MR) is 101 cm³/mol. The lowest BCUT2D eigenvalue weighted by atomic mass is 9.96. The van der Waals surface area contributed by atoms with E-state index in [1.165, 1.54) is 30.4 Å². The van der Waals surface area contributed by atoms with E-state index >= 15 is 0 Å². The number of aromatic nitrogens is 2. The van der Waals surface area contributed by atoms with Crippen molar-refractivity contribution in [1.29, 1.82) is 0 Å². The van der Waals surface area contributed by atoms with Gasteiger partial charge in [-0.2, -0.15) is 0 Å². The third-order valence-corrected chi connectivity index (χ3v) is 4.73. The van der Waals surface area contributed by atoms with Crippen LogP contribution in [-0.2, 0) is 6.42 Å².